The predicted molar refractivity (Wildman–Crippen MR) is 133 cm³/mol. The third-order valence-electron chi connectivity index (χ3n) is 7.79. The van der Waals surface area contributed by atoms with Gasteiger partial charge in [-0.3, -0.25) is 19.5 Å². The Labute approximate surface area is 217 Å². The van der Waals surface area contributed by atoms with Crippen LogP contribution >= 0.6 is 0 Å². The fraction of sp³-hybridized carbons (Fsp3) is 0.407. The summed E-state index contributed by atoms with van der Waals surface area (Å²) in [6.07, 6.45) is 0.203. The molecule has 2 aromatic carbocycles. The Bertz CT molecular complexity index is 1410. The number of H-pyrrole nitrogens is 1. The molecule has 11 heteroatoms. The molecule has 0 radical (unpaired) electrons. The first-order chi connectivity index (χ1) is 18.3. The van der Waals surface area contributed by atoms with Gasteiger partial charge in [-0.1, -0.05) is 12.1 Å². The molecule has 9 nitrogen and oxygen atoms in total. The van der Waals surface area contributed by atoms with Crippen LogP contribution < -0.4 is 4.74 Å². The largest absolute Gasteiger partial charge is 0.508 e. The van der Waals surface area contributed by atoms with Crippen molar-refractivity contribution in [2.45, 2.75) is 31.5 Å². The highest BCUT2D eigenvalue weighted by Crippen LogP contribution is 2.49. The van der Waals surface area contributed by atoms with E-state index in [1.54, 1.807) is 36.1 Å². The van der Waals surface area contributed by atoms with Crippen LogP contribution in [0.15, 0.2) is 42.5 Å². The van der Waals surface area contributed by atoms with Crippen LogP contribution in [0.2, 0.25) is 0 Å². The van der Waals surface area contributed by atoms with Gasteiger partial charge in [-0.15, -0.1) is 0 Å². The maximum Gasteiger partial charge on any atom is 0.387 e. The number of aromatic amines is 1. The molecule has 3 amide bonds. The summed E-state index contributed by atoms with van der Waals surface area (Å²) in [6, 6.07) is 10.1. The van der Waals surface area contributed by atoms with Crippen LogP contribution in [-0.2, 0) is 16.0 Å². The molecule has 2 unspecified atom stereocenters. The highest BCUT2D eigenvalue weighted by atomic mass is 19.3. The number of carbonyl (C=O) groups is 2. The van der Waals surface area contributed by atoms with Gasteiger partial charge in [0.25, 0.3) is 5.91 Å². The van der Waals surface area contributed by atoms with Gasteiger partial charge in [-0.05, 0) is 48.4 Å². The predicted octanol–water partition coefficient (Wildman–Crippen LogP) is 3.48. The first-order valence-corrected chi connectivity index (χ1v) is 12.6. The first-order valence-electron chi connectivity index (χ1n) is 12.6. The van der Waals surface area contributed by atoms with Crippen LogP contribution in [0.3, 0.4) is 0 Å². The molecule has 6 rings (SSSR count). The van der Waals surface area contributed by atoms with Crippen LogP contribution in [0.4, 0.5) is 13.6 Å². The van der Waals surface area contributed by atoms with E-state index in [-0.39, 0.29) is 30.4 Å². The van der Waals surface area contributed by atoms with Crippen molar-refractivity contribution in [1.82, 2.24) is 19.7 Å². The Morgan fingerprint density at radius 2 is 1.95 bits per heavy atom. The van der Waals surface area contributed by atoms with E-state index in [2.05, 4.69) is 14.6 Å². The number of alkyl halides is 2. The summed E-state index contributed by atoms with van der Waals surface area (Å²) in [5, 5.41) is 10.9. The second-order valence-corrected chi connectivity index (χ2v) is 10.1. The minimum absolute atomic E-state index is 0.0109. The zero-order valence-corrected chi connectivity index (χ0v) is 20.8. The number of nitrogens with zero attached hydrogens (tertiary/aromatic N) is 3. The lowest BCUT2D eigenvalue weighted by atomic mass is 9.81. The number of amides is 3. The quantitative estimate of drug-likeness (QED) is 0.478. The summed E-state index contributed by atoms with van der Waals surface area (Å²) in [5.74, 6) is -0.264. The van der Waals surface area contributed by atoms with Gasteiger partial charge in [0.15, 0.2) is 0 Å². The van der Waals surface area contributed by atoms with Gasteiger partial charge in [-0.2, -0.15) is 8.78 Å². The highest BCUT2D eigenvalue weighted by molar-refractivity contribution is 6.08. The maximum atomic E-state index is 13.9. The maximum absolute atomic E-state index is 13.9. The number of fused-ring (bicyclic) bond motifs is 4. The molecular formula is C27H28F2N4O5. The lowest BCUT2D eigenvalue weighted by molar-refractivity contribution is -0.133. The van der Waals surface area contributed by atoms with E-state index in [4.69, 9.17) is 4.74 Å². The van der Waals surface area contributed by atoms with E-state index in [9.17, 15) is 23.5 Å². The molecule has 0 bridgehead atoms. The third kappa shape index (κ3) is 3.97. The van der Waals surface area contributed by atoms with Gasteiger partial charge in [0, 0.05) is 49.2 Å². The number of carbonyl (C=O) groups excluding carboxylic acids is 2. The summed E-state index contributed by atoms with van der Waals surface area (Å²) in [6.45, 7) is 2.28. The number of aromatic hydroxyl groups is 1. The van der Waals surface area contributed by atoms with Crippen molar-refractivity contribution in [3.05, 3.63) is 59.3 Å². The topological polar surface area (TPSA) is 98.3 Å². The summed E-state index contributed by atoms with van der Waals surface area (Å²) in [4.78, 5) is 36.2. The number of rotatable bonds is 6. The summed E-state index contributed by atoms with van der Waals surface area (Å²) >= 11 is 0. The van der Waals surface area contributed by atoms with Crippen LogP contribution in [0.25, 0.3) is 10.9 Å². The minimum Gasteiger partial charge on any atom is -0.508 e. The molecule has 3 aliphatic rings. The SMILES string of the molecule is CC12Cc3c([nH]c4ccc(OC(F)F)cc34)C(c3cccc(O)c3)N1C(=O)N(CCN1CCOCC1)C2=O. The molecule has 2 atom stereocenters. The van der Waals surface area contributed by atoms with Gasteiger partial charge in [0.2, 0.25) is 0 Å². The number of hydrogen-bond donors (Lipinski definition) is 2. The van der Waals surface area contributed by atoms with Crippen molar-refractivity contribution >= 4 is 22.8 Å². The third-order valence-corrected chi connectivity index (χ3v) is 7.79. The van der Waals surface area contributed by atoms with Crippen molar-refractivity contribution in [1.29, 1.82) is 0 Å². The highest BCUT2D eigenvalue weighted by Gasteiger charge is 2.60. The number of imide groups is 1. The van der Waals surface area contributed by atoms with E-state index < -0.39 is 24.2 Å². The average molecular weight is 527 g/mol. The van der Waals surface area contributed by atoms with Crippen molar-refractivity contribution in [3.63, 3.8) is 0 Å². The lowest BCUT2D eigenvalue weighted by Gasteiger charge is -2.42. The fourth-order valence-corrected chi connectivity index (χ4v) is 5.97. The number of ether oxygens (including phenoxy) is 2. The Morgan fingerprint density at radius 3 is 2.68 bits per heavy atom. The van der Waals surface area contributed by atoms with Gasteiger partial charge in [0.05, 0.1) is 13.2 Å². The monoisotopic (exact) mass is 526 g/mol. The van der Waals surface area contributed by atoms with Crippen molar-refractivity contribution < 1.29 is 33.0 Å². The van der Waals surface area contributed by atoms with E-state index in [0.29, 0.717) is 41.9 Å². The van der Waals surface area contributed by atoms with E-state index in [1.807, 2.05) is 0 Å². The number of benzene rings is 2. The van der Waals surface area contributed by atoms with Gasteiger partial charge < -0.3 is 19.6 Å². The molecule has 200 valence electrons. The minimum atomic E-state index is -2.97. The summed E-state index contributed by atoms with van der Waals surface area (Å²) in [5.41, 5.74) is 1.52. The fourth-order valence-electron chi connectivity index (χ4n) is 5.97. The number of phenols is 1. The first kappa shape index (κ1) is 24.6. The molecule has 0 saturated carbocycles. The second-order valence-electron chi connectivity index (χ2n) is 10.1. The number of hydrogen-bond acceptors (Lipinski definition) is 6. The van der Waals surface area contributed by atoms with Crippen LogP contribution in [0, 0.1) is 0 Å². The molecule has 2 fully saturated rings. The Balaban J connectivity index is 1.44. The van der Waals surface area contributed by atoms with E-state index >= 15 is 0 Å². The Morgan fingerprint density at radius 1 is 1.16 bits per heavy atom. The van der Waals surface area contributed by atoms with Gasteiger partial charge in [-0.25, -0.2) is 4.79 Å². The number of aromatic nitrogens is 1. The standard InChI is InChI=1S/C27H28F2N4O5/c1-27-15-20-19-14-18(38-25(28)29)5-6-21(19)30-22(20)23(16-3-2-4-17(34)13-16)33(27)26(36)32(24(27)35)8-7-31-9-11-37-12-10-31/h2-6,13-14,23,25,30,34H,7-12,15H2,1H3. The molecular weight excluding hydrogens is 498 g/mol. The Hall–Kier alpha value is -3.70. The number of nitrogens with one attached hydrogen (secondary N) is 1. The van der Waals surface area contributed by atoms with Gasteiger partial charge >= 0.3 is 12.6 Å². The molecule has 2 N–H and O–H groups in total. The van der Waals surface area contributed by atoms with Crippen LogP contribution in [-0.4, -0.2) is 88.3 Å². The van der Waals surface area contributed by atoms with Crippen molar-refractivity contribution in [2.24, 2.45) is 0 Å². The second kappa shape index (κ2) is 9.25. The van der Waals surface area contributed by atoms with Crippen molar-refractivity contribution in [3.8, 4) is 11.5 Å². The van der Waals surface area contributed by atoms with E-state index in [1.165, 1.54) is 23.1 Å². The molecule has 3 aromatic rings. The lowest BCUT2D eigenvalue weighted by Crippen LogP contribution is -2.53. The summed E-state index contributed by atoms with van der Waals surface area (Å²) in [7, 11) is 0. The number of morpholine rings is 1. The van der Waals surface area contributed by atoms with Gasteiger partial charge in [0.1, 0.15) is 23.1 Å². The number of halogens is 2. The molecule has 4 heterocycles. The zero-order valence-electron chi connectivity index (χ0n) is 20.8. The molecule has 3 aliphatic heterocycles. The molecule has 0 aliphatic carbocycles. The summed E-state index contributed by atoms with van der Waals surface area (Å²) < 4.78 is 35.9. The molecule has 1 aromatic heterocycles. The van der Waals surface area contributed by atoms with Crippen LogP contribution in [0.5, 0.6) is 11.5 Å². The molecule has 0 spiro atoms. The number of urea groups is 1. The van der Waals surface area contributed by atoms with Crippen molar-refractivity contribution in [2.75, 3.05) is 39.4 Å². The normalized spacial score (nSPS) is 23.8. The number of phenolic OH excluding ortho intramolecular Hbond substituents is 1. The zero-order chi connectivity index (χ0) is 26.6. The molecule has 2 saturated heterocycles. The molecule has 38 heavy (non-hydrogen) atoms. The van der Waals surface area contributed by atoms with Crippen LogP contribution in [0.1, 0.15) is 29.8 Å². The van der Waals surface area contributed by atoms with E-state index in [0.717, 1.165) is 18.7 Å². The smallest absolute Gasteiger partial charge is 0.387 e. The Kier molecular flexibility index (Phi) is 5.99. The average Bonchev–Trinajstić information content (AvgIpc) is 3.33.